The molecule has 178 valence electrons. The summed E-state index contributed by atoms with van der Waals surface area (Å²) < 4.78 is 20.1. The van der Waals surface area contributed by atoms with E-state index >= 15 is 0 Å². The minimum absolute atomic E-state index is 0.156. The molecule has 0 aromatic heterocycles. The predicted octanol–water partition coefficient (Wildman–Crippen LogP) is 4.89. The van der Waals surface area contributed by atoms with E-state index in [1.165, 1.54) is 12.1 Å². The van der Waals surface area contributed by atoms with Crippen LogP contribution in [-0.2, 0) is 9.59 Å². The van der Waals surface area contributed by atoms with Crippen molar-refractivity contribution in [3.05, 3.63) is 58.8 Å². The summed E-state index contributed by atoms with van der Waals surface area (Å²) in [6.45, 7) is 3.66. The first-order valence-corrected chi connectivity index (χ1v) is 12.1. The first-order valence-electron chi connectivity index (χ1n) is 11.3. The summed E-state index contributed by atoms with van der Waals surface area (Å²) in [5.74, 6) is -0.747. The number of benzene rings is 2. The maximum atomic E-state index is 14.7. The molecule has 9 heteroatoms. The van der Waals surface area contributed by atoms with Crippen molar-refractivity contribution < 1.29 is 23.5 Å². The number of hydrogen-bond acceptors (Lipinski definition) is 6. The number of amides is 3. The first-order chi connectivity index (χ1) is 16.4. The van der Waals surface area contributed by atoms with E-state index in [0.29, 0.717) is 29.3 Å². The zero-order valence-electron chi connectivity index (χ0n) is 18.9. The fraction of sp³-hybridized carbons (Fsp3) is 0.320. The Bertz CT molecular complexity index is 1110. The van der Waals surface area contributed by atoms with Gasteiger partial charge in [-0.3, -0.25) is 19.3 Å². The molecule has 0 unspecified atom stereocenters. The van der Waals surface area contributed by atoms with E-state index in [4.69, 9.17) is 4.74 Å². The molecule has 2 heterocycles. The number of carbonyl (C=O) groups excluding carboxylic acids is 3. The minimum Gasteiger partial charge on any atom is -0.494 e. The lowest BCUT2D eigenvalue weighted by molar-refractivity contribution is -0.127. The van der Waals surface area contributed by atoms with Crippen LogP contribution < -0.4 is 15.0 Å². The molecular weight excluding hydrogens is 457 g/mol. The second-order valence-electron chi connectivity index (χ2n) is 8.03. The monoisotopic (exact) mass is 483 g/mol. The van der Waals surface area contributed by atoms with E-state index in [1.54, 1.807) is 36.4 Å². The third-order valence-electron chi connectivity index (χ3n) is 5.59. The summed E-state index contributed by atoms with van der Waals surface area (Å²) in [6, 6.07) is 11.6. The topological polar surface area (TPSA) is 79.0 Å². The molecule has 2 aliphatic heterocycles. The van der Waals surface area contributed by atoms with Crippen LogP contribution in [0.1, 0.15) is 31.7 Å². The van der Waals surface area contributed by atoms with Crippen molar-refractivity contribution in [3.8, 4) is 5.75 Å². The van der Waals surface area contributed by atoms with E-state index in [2.05, 4.69) is 5.32 Å². The van der Waals surface area contributed by atoms with Gasteiger partial charge in [0.05, 0.1) is 17.2 Å². The lowest BCUT2D eigenvalue weighted by Crippen LogP contribution is -2.36. The summed E-state index contributed by atoms with van der Waals surface area (Å²) in [6.07, 6.45) is 4.73. The number of nitrogens with zero attached hydrogens (tertiary/aromatic N) is 2. The van der Waals surface area contributed by atoms with E-state index in [9.17, 15) is 18.8 Å². The van der Waals surface area contributed by atoms with Gasteiger partial charge in [0.15, 0.2) is 0 Å². The van der Waals surface area contributed by atoms with Crippen LogP contribution in [0.5, 0.6) is 5.75 Å². The van der Waals surface area contributed by atoms with Gasteiger partial charge in [0.25, 0.3) is 11.1 Å². The lowest BCUT2D eigenvalue weighted by Gasteiger charge is -2.29. The van der Waals surface area contributed by atoms with Crippen molar-refractivity contribution in [2.24, 2.45) is 0 Å². The van der Waals surface area contributed by atoms with Crippen LogP contribution in [0.4, 0.5) is 20.6 Å². The Balaban J connectivity index is 1.39. The number of carbonyl (C=O) groups is 3. The fourth-order valence-electron chi connectivity index (χ4n) is 3.94. The Morgan fingerprint density at radius 1 is 1.12 bits per heavy atom. The van der Waals surface area contributed by atoms with Crippen molar-refractivity contribution in [3.63, 3.8) is 0 Å². The molecule has 1 N–H and O–H groups in total. The maximum absolute atomic E-state index is 14.7. The van der Waals surface area contributed by atoms with Gasteiger partial charge < -0.3 is 15.0 Å². The molecule has 2 fully saturated rings. The number of piperidine rings is 1. The van der Waals surface area contributed by atoms with E-state index < -0.39 is 23.6 Å². The molecule has 3 amide bonds. The third kappa shape index (κ3) is 5.59. The Morgan fingerprint density at radius 3 is 2.53 bits per heavy atom. The third-order valence-corrected chi connectivity index (χ3v) is 6.50. The molecular formula is C25H26FN3O4S. The van der Waals surface area contributed by atoms with Gasteiger partial charge in [0.2, 0.25) is 5.91 Å². The first kappa shape index (κ1) is 23.8. The average Bonchev–Trinajstić information content (AvgIpc) is 3.08. The smallest absolute Gasteiger partial charge is 0.294 e. The summed E-state index contributed by atoms with van der Waals surface area (Å²) in [5.41, 5.74) is 1.57. The number of rotatable bonds is 7. The second kappa shape index (κ2) is 10.7. The number of thioether (sulfide) groups is 1. The Labute approximate surface area is 201 Å². The van der Waals surface area contributed by atoms with Crippen LogP contribution >= 0.6 is 11.8 Å². The molecule has 4 rings (SSSR count). The van der Waals surface area contributed by atoms with Crippen LogP contribution in [0.3, 0.4) is 0 Å². The molecule has 0 aliphatic carbocycles. The number of imide groups is 1. The molecule has 34 heavy (non-hydrogen) atoms. The molecule has 2 aromatic rings. The average molecular weight is 484 g/mol. The van der Waals surface area contributed by atoms with Crippen LogP contribution in [0.15, 0.2) is 47.4 Å². The summed E-state index contributed by atoms with van der Waals surface area (Å²) in [7, 11) is 0. The summed E-state index contributed by atoms with van der Waals surface area (Å²) in [4.78, 5) is 40.6. The SMILES string of the molecule is CCOc1ccc(NC(=O)CN2C(=O)S/C(=C/c3ccc(N4CCCCC4)c(F)c3)C2=O)cc1. The van der Waals surface area contributed by atoms with E-state index in [0.717, 1.165) is 49.0 Å². The quantitative estimate of drug-likeness (QED) is 0.565. The highest BCUT2D eigenvalue weighted by Crippen LogP contribution is 2.33. The number of anilines is 2. The van der Waals surface area contributed by atoms with Crippen molar-refractivity contribution in [1.82, 2.24) is 4.90 Å². The van der Waals surface area contributed by atoms with Crippen molar-refractivity contribution in [1.29, 1.82) is 0 Å². The molecule has 2 aromatic carbocycles. The normalized spacial score (nSPS) is 17.4. The number of hydrogen-bond donors (Lipinski definition) is 1. The Kier molecular flexibility index (Phi) is 7.52. The number of halogens is 1. The highest BCUT2D eigenvalue weighted by atomic mass is 32.2. The van der Waals surface area contributed by atoms with Crippen LogP contribution in [-0.4, -0.2) is 48.2 Å². The Morgan fingerprint density at radius 2 is 1.85 bits per heavy atom. The van der Waals surface area contributed by atoms with Crippen LogP contribution in [0, 0.1) is 5.82 Å². The van der Waals surface area contributed by atoms with Crippen molar-refractivity contribution in [2.75, 3.05) is 36.5 Å². The maximum Gasteiger partial charge on any atom is 0.294 e. The largest absolute Gasteiger partial charge is 0.494 e. The van der Waals surface area contributed by atoms with Gasteiger partial charge in [-0.2, -0.15) is 0 Å². The van der Waals surface area contributed by atoms with Crippen molar-refractivity contribution in [2.45, 2.75) is 26.2 Å². The van der Waals surface area contributed by atoms with Gasteiger partial charge in [0.1, 0.15) is 18.1 Å². The fourth-order valence-corrected chi connectivity index (χ4v) is 4.78. The second-order valence-corrected chi connectivity index (χ2v) is 9.03. The molecule has 0 atom stereocenters. The van der Waals surface area contributed by atoms with Gasteiger partial charge in [-0.15, -0.1) is 0 Å². The molecule has 7 nitrogen and oxygen atoms in total. The van der Waals surface area contributed by atoms with Crippen LogP contribution in [0.2, 0.25) is 0 Å². The van der Waals surface area contributed by atoms with Gasteiger partial charge in [-0.05, 0) is 86.0 Å². The van der Waals surface area contributed by atoms with Gasteiger partial charge in [-0.25, -0.2) is 4.39 Å². The van der Waals surface area contributed by atoms with Crippen molar-refractivity contribution >= 4 is 46.3 Å². The van der Waals surface area contributed by atoms with Gasteiger partial charge >= 0.3 is 0 Å². The molecule has 0 bridgehead atoms. The minimum atomic E-state index is -0.572. The molecule has 0 saturated carbocycles. The molecule has 2 saturated heterocycles. The zero-order valence-corrected chi connectivity index (χ0v) is 19.7. The molecule has 0 radical (unpaired) electrons. The van der Waals surface area contributed by atoms with Gasteiger partial charge in [-0.1, -0.05) is 6.07 Å². The number of nitrogens with one attached hydrogen (secondary N) is 1. The highest BCUT2D eigenvalue weighted by molar-refractivity contribution is 8.18. The zero-order chi connectivity index (χ0) is 24.1. The van der Waals surface area contributed by atoms with E-state index in [-0.39, 0.29) is 10.7 Å². The van der Waals surface area contributed by atoms with Crippen LogP contribution in [0.25, 0.3) is 6.08 Å². The predicted molar refractivity (Wildman–Crippen MR) is 131 cm³/mol. The summed E-state index contributed by atoms with van der Waals surface area (Å²) >= 11 is 0.740. The van der Waals surface area contributed by atoms with Gasteiger partial charge in [0, 0.05) is 18.8 Å². The molecule has 0 spiro atoms. The lowest BCUT2D eigenvalue weighted by atomic mass is 10.1. The Hall–Kier alpha value is -3.33. The van der Waals surface area contributed by atoms with E-state index in [1.807, 2.05) is 11.8 Å². The highest BCUT2D eigenvalue weighted by Gasteiger charge is 2.36. The summed E-state index contributed by atoms with van der Waals surface area (Å²) in [5, 5.41) is 2.13. The molecule has 2 aliphatic rings. The number of ether oxygens (including phenoxy) is 1. The standard InChI is InChI=1S/C25H26FN3O4S/c1-2-33-19-9-7-18(8-10-19)27-23(30)16-29-24(31)22(34-25(29)32)15-17-6-11-21(20(26)14-17)28-12-4-3-5-13-28/h6-11,14-15H,2-5,12-13,16H2,1H3,(H,27,30)/b22-15+.